The number of para-hydroxylation sites is 1. The predicted octanol–water partition coefficient (Wildman–Crippen LogP) is 4.78. The number of imide groups is 1. The fourth-order valence-electron chi connectivity index (χ4n) is 5.93. The van der Waals surface area contributed by atoms with Crippen molar-refractivity contribution in [3.05, 3.63) is 87.1 Å². The van der Waals surface area contributed by atoms with Crippen LogP contribution in [0.4, 0.5) is 5.69 Å². The number of hydrogen-bond acceptors (Lipinski definition) is 4. The molecule has 0 aliphatic carbocycles. The number of anilines is 1. The normalized spacial score (nSPS) is 27.1. The molecule has 2 amide bonds. The monoisotopic (exact) mass is 414 g/mol. The van der Waals surface area contributed by atoms with E-state index in [1.807, 2.05) is 48.5 Å². The van der Waals surface area contributed by atoms with E-state index in [2.05, 4.69) is 30.9 Å². The topological polar surface area (TPSA) is 40.6 Å². The summed E-state index contributed by atoms with van der Waals surface area (Å²) in [6.07, 6.45) is 0. The Bertz CT molecular complexity index is 1120. The van der Waals surface area contributed by atoms with Gasteiger partial charge in [0, 0.05) is 28.4 Å². The Morgan fingerprint density at radius 3 is 1.80 bits per heavy atom. The van der Waals surface area contributed by atoms with E-state index in [4.69, 9.17) is 0 Å². The molecule has 5 heteroatoms. The lowest BCUT2D eigenvalue weighted by Crippen LogP contribution is -2.36. The molecular formula is C25H22N2O2S. The first-order valence-corrected chi connectivity index (χ1v) is 11.2. The van der Waals surface area contributed by atoms with Crippen molar-refractivity contribution < 1.29 is 9.59 Å². The number of fused-ring (bicyclic) bond motifs is 8. The molecule has 3 aliphatic heterocycles. The number of carbonyl (C=O) groups excluding carboxylic acids is 2. The third-order valence-corrected chi connectivity index (χ3v) is 8.01. The highest BCUT2D eigenvalue weighted by atomic mass is 32.1. The molecule has 3 aliphatic rings. The summed E-state index contributed by atoms with van der Waals surface area (Å²) in [7, 11) is 0. The lowest BCUT2D eigenvalue weighted by molar-refractivity contribution is -0.124. The first kappa shape index (κ1) is 18.0. The summed E-state index contributed by atoms with van der Waals surface area (Å²) in [6.45, 7) is 5.07. The van der Waals surface area contributed by atoms with Crippen molar-refractivity contribution in [1.82, 2.24) is 4.90 Å². The van der Waals surface area contributed by atoms with Crippen molar-refractivity contribution >= 4 is 28.8 Å². The van der Waals surface area contributed by atoms with E-state index in [1.54, 1.807) is 11.3 Å². The summed E-state index contributed by atoms with van der Waals surface area (Å²) in [5.74, 6) is -0.690. The standard InChI is InChI=1S/C25H22N2O2S/c1-14-18-19(15(2)30-14)23-21-20(22(18)26(23)13-16-9-5-3-6-10-16)24(28)27(25(21)29)17-11-7-4-8-12-17/h3-12,20-23H,13H2,1-2H3/t20-,21+,22-,23+. The second-order valence-electron chi connectivity index (χ2n) is 8.49. The van der Waals surface area contributed by atoms with E-state index in [0.717, 1.165) is 6.54 Å². The number of benzene rings is 2. The maximum atomic E-state index is 13.6. The van der Waals surface area contributed by atoms with Gasteiger partial charge in [0.1, 0.15) is 0 Å². The number of amides is 2. The van der Waals surface area contributed by atoms with Crippen LogP contribution in [0.1, 0.15) is 38.5 Å². The average Bonchev–Trinajstić information content (AvgIpc) is 3.42. The van der Waals surface area contributed by atoms with Crippen molar-refractivity contribution in [2.75, 3.05) is 4.90 Å². The minimum absolute atomic E-state index is 0.0229. The predicted molar refractivity (Wildman–Crippen MR) is 117 cm³/mol. The maximum absolute atomic E-state index is 13.6. The van der Waals surface area contributed by atoms with Crippen LogP contribution in [-0.4, -0.2) is 16.7 Å². The average molecular weight is 415 g/mol. The molecule has 1 aromatic heterocycles. The molecule has 6 rings (SSSR count). The van der Waals surface area contributed by atoms with Crippen LogP contribution < -0.4 is 4.90 Å². The first-order chi connectivity index (χ1) is 14.6. The highest BCUT2D eigenvalue weighted by Gasteiger charge is 2.67. The summed E-state index contributed by atoms with van der Waals surface area (Å²) in [4.78, 5) is 33.6. The Morgan fingerprint density at radius 1 is 0.767 bits per heavy atom. The quantitative estimate of drug-likeness (QED) is 0.579. The molecule has 2 bridgehead atoms. The molecular weight excluding hydrogens is 392 g/mol. The van der Waals surface area contributed by atoms with Gasteiger partial charge >= 0.3 is 0 Å². The number of aryl methyl sites for hydroxylation is 2. The van der Waals surface area contributed by atoms with Crippen LogP contribution in [-0.2, 0) is 16.1 Å². The van der Waals surface area contributed by atoms with Crippen LogP contribution in [0.5, 0.6) is 0 Å². The molecule has 0 spiro atoms. The molecule has 4 heterocycles. The summed E-state index contributed by atoms with van der Waals surface area (Å²) in [5.41, 5.74) is 4.51. The van der Waals surface area contributed by atoms with Gasteiger partial charge in [0.15, 0.2) is 0 Å². The van der Waals surface area contributed by atoms with E-state index in [0.29, 0.717) is 5.69 Å². The van der Waals surface area contributed by atoms with Crippen LogP contribution in [0, 0.1) is 25.7 Å². The minimum atomic E-state index is -0.299. The Labute approximate surface area is 179 Å². The zero-order valence-corrected chi connectivity index (χ0v) is 17.7. The highest BCUT2D eigenvalue weighted by Crippen LogP contribution is 2.65. The van der Waals surface area contributed by atoms with Crippen LogP contribution in [0.2, 0.25) is 0 Å². The summed E-state index contributed by atoms with van der Waals surface area (Å²) in [5, 5.41) is 0. The van der Waals surface area contributed by atoms with Gasteiger partial charge in [-0.25, -0.2) is 4.90 Å². The minimum Gasteiger partial charge on any atom is -0.283 e. The number of carbonyl (C=O) groups is 2. The molecule has 2 saturated heterocycles. The van der Waals surface area contributed by atoms with Gasteiger partial charge in [0.05, 0.1) is 17.5 Å². The number of thiophene rings is 1. The second-order valence-corrected chi connectivity index (χ2v) is 9.92. The van der Waals surface area contributed by atoms with E-state index < -0.39 is 0 Å². The number of nitrogens with zero attached hydrogens (tertiary/aromatic N) is 2. The van der Waals surface area contributed by atoms with Gasteiger partial charge in [-0.05, 0) is 42.7 Å². The Hall–Kier alpha value is -2.76. The van der Waals surface area contributed by atoms with Gasteiger partial charge in [0.25, 0.3) is 0 Å². The first-order valence-electron chi connectivity index (χ1n) is 10.4. The van der Waals surface area contributed by atoms with Crippen molar-refractivity contribution in [2.45, 2.75) is 32.5 Å². The van der Waals surface area contributed by atoms with Crippen molar-refractivity contribution in [3.63, 3.8) is 0 Å². The number of rotatable bonds is 3. The van der Waals surface area contributed by atoms with Gasteiger partial charge in [-0.15, -0.1) is 11.3 Å². The zero-order chi connectivity index (χ0) is 20.6. The van der Waals surface area contributed by atoms with Crippen molar-refractivity contribution in [3.8, 4) is 0 Å². The highest BCUT2D eigenvalue weighted by molar-refractivity contribution is 7.12. The molecule has 4 atom stereocenters. The Morgan fingerprint density at radius 2 is 1.27 bits per heavy atom. The zero-order valence-electron chi connectivity index (χ0n) is 16.9. The van der Waals surface area contributed by atoms with Crippen LogP contribution in [0.3, 0.4) is 0 Å². The van der Waals surface area contributed by atoms with Gasteiger partial charge in [-0.2, -0.15) is 0 Å². The van der Waals surface area contributed by atoms with E-state index >= 15 is 0 Å². The molecule has 4 nitrogen and oxygen atoms in total. The van der Waals surface area contributed by atoms with Crippen molar-refractivity contribution in [2.24, 2.45) is 11.8 Å². The van der Waals surface area contributed by atoms with Crippen LogP contribution in [0.15, 0.2) is 60.7 Å². The molecule has 3 aromatic rings. The molecule has 0 saturated carbocycles. The molecule has 30 heavy (non-hydrogen) atoms. The van der Waals surface area contributed by atoms with Crippen LogP contribution >= 0.6 is 11.3 Å². The summed E-state index contributed by atoms with van der Waals surface area (Å²) < 4.78 is 0. The van der Waals surface area contributed by atoms with Gasteiger partial charge < -0.3 is 0 Å². The van der Waals surface area contributed by atoms with E-state index in [9.17, 15) is 9.59 Å². The molecule has 2 fully saturated rings. The fraction of sp³-hybridized carbons (Fsp3) is 0.280. The van der Waals surface area contributed by atoms with Gasteiger partial charge in [0.2, 0.25) is 11.8 Å². The smallest absolute Gasteiger partial charge is 0.239 e. The largest absolute Gasteiger partial charge is 0.283 e. The fourth-order valence-corrected chi connectivity index (χ4v) is 7.07. The second kappa shape index (κ2) is 6.37. The molecule has 0 N–H and O–H groups in total. The lowest BCUT2D eigenvalue weighted by atomic mass is 9.77. The Kier molecular flexibility index (Phi) is 3.83. The molecule has 0 radical (unpaired) electrons. The molecule has 150 valence electrons. The SMILES string of the molecule is Cc1sc(C)c2c1[C@@H]1[C@@H]3C(=O)N(c4ccccc4)C(=O)[C@@H]3[C@H]2N1Cc1ccccc1. The third-order valence-electron chi connectivity index (χ3n) is 6.96. The molecule has 2 aromatic carbocycles. The number of hydrogen-bond donors (Lipinski definition) is 0. The van der Waals surface area contributed by atoms with E-state index in [-0.39, 0.29) is 35.7 Å². The molecule has 0 unspecified atom stereocenters. The summed E-state index contributed by atoms with van der Waals surface area (Å²) >= 11 is 1.80. The third kappa shape index (κ3) is 2.25. The van der Waals surface area contributed by atoms with Gasteiger partial charge in [-0.3, -0.25) is 14.5 Å². The van der Waals surface area contributed by atoms with E-state index in [1.165, 1.54) is 31.3 Å². The maximum Gasteiger partial charge on any atom is 0.239 e. The lowest BCUT2D eigenvalue weighted by Gasteiger charge is -2.27. The Balaban J connectivity index is 1.47. The van der Waals surface area contributed by atoms with Crippen LogP contribution in [0.25, 0.3) is 0 Å². The van der Waals surface area contributed by atoms with Gasteiger partial charge in [-0.1, -0.05) is 48.5 Å². The van der Waals surface area contributed by atoms with Crippen molar-refractivity contribution in [1.29, 1.82) is 0 Å². The summed E-state index contributed by atoms with van der Waals surface area (Å²) in [6, 6.07) is 19.7.